The number of nitrogens with zero attached hydrogens (tertiary/aromatic N) is 4. The highest BCUT2D eigenvalue weighted by Crippen LogP contribution is 2.35. The van der Waals surface area contributed by atoms with Gasteiger partial charge in [0.25, 0.3) is 0 Å². The van der Waals surface area contributed by atoms with Gasteiger partial charge < -0.3 is 5.32 Å². The van der Waals surface area contributed by atoms with Crippen LogP contribution in [-0.2, 0) is 0 Å². The van der Waals surface area contributed by atoms with Gasteiger partial charge in [-0.25, -0.2) is 9.97 Å². The number of aromatic nitrogens is 5. The fourth-order valence-corrected chi connectivity index (χ4v) is 4.86. The Morgan fingerprint density at radius 1 is 1.28 bits per heavy atom. The molecule has 1 aliphatic rings. The summed E-state index contributed by atoms with van der Waals surface area (Å²) >= 11 is 9.43. The van der Waals surface area contributed by atoms with Crippen LogP contribution in [0.15, 0.2) is 70.1 Å². The third-order valence-electron chi connectivity index (χ3n) is 4.31. The van der Waals surface area contributed by atoms with Crippen molar-refractivity contribution in [3.8, 4) is 11.3 Å². The number of hydrogen-bond donors (Lipinski definition) is 3. The summed E-state index contributed by atoms with van der Waals surface area (Å²) in [6, 6.07) is 8.04. The van der Waals surface area contributed by atoms with Gasteiger partial charge >= 0.3 is 0 Å². The van der Waals surface area contributed by atoms with Crippen molar-refractivity contribution >= 4 is 46.8 Å². The number of imidazole rings is 1. The van der Waals surface area contributed by atoms with Crippen molar-refractivity contribution in [3.05, 3.63) is 65.2 Å². The maximum Gasteiger partial charge on any atom is 0.181 e. The molecular weight excluding hydrogens is 426 g/mol. The monoisotopic (exact) mass is 441 g/mol. The highest BCUT2D eigenvalue weighted by molar-refractivity contribution is 8.01. The van der Waals surface area contributed by atoms with Crippen LogP contribution < -0.4 is 10.0 Å². The Labute approximate surface area is 180 Å². The average molecular weight is 442 g/mol. The molecular formula is C19H16ClN7S2. The molecule has 1 unspecified atom stereocenters. The first-order valence-electron chi connectivity index (χ1n) is 8.88. The van der Waals surface area contributed by atoms with E-state index >= 15 is 0 Å². The number of H-pyrrole nitrogens is 1. The molecule has 3 aromatic heterocycles. The zero-order valence-electron chi connectivity index (χ0n) is 15.3. The number of anilines is 1. The molecule has 3 N–H and O–H groups in total. The second-order valence-corrected chi connectivity index (χ2v) is 8.80. The number of fused-ring (bicyclic) bond motifs is 1. The van der Waals surface area contributed by atoms with Gasteiger partial charge in [0, 0.05) is 28.9 Å². The second-order valence-electron chi connectivity index (χ2n) is 6.45. The molecule has 0 amide bonds. The van der Waals surface area contributed by atoms with Crippen LogP contribution in [0.2, 0.25) is 5.02 Å². The summed E-state index contributed by atoms with van der Waals surface area (Å²) in [4.78, 5) is 10.4. The van der Waals surface area contributed by atoms with Gasteiger partial charge in [-0.3, -0.25) is 14.2 Å². The summed E-state index contributed by atoms with van der Waals surface area (Å²) in [6.07, 6.45) is 9.54. The first kappa shape index (κ1) is 18.6. The van der Waals surface area contributed by atoms with E-state index in [1.807, 2.05) is 47.3 Å². The van der Waals surface area contributed by atoms with Crippen LogP contribution >= 0.6 is 35.3 Å². The third kappa shape index (κ3) is 3.74. The first-order chi connectivity index (χ1) is 14.2. The molecule has 0 aliphatic carbocycles. The van der Waals surface area contributed by atoms with E-state index in [1.54, 1.807) is 18.1 Å². The quantitative estimate of drug-likeness (QED) is 0.383. The maximum absolute atomic E-state index is 6.36. The van der Waals surface area contributed by atoms with Crippen LogP contribution in [-0.4, -0.2) is 30.6 Å². The molecule has 7 nitrogen and oxygen atoms in total. The fourth-order valence-electron chi connectivity index (χ4n) is 2.98. The molecule has 0 bridgehead atoms. The summed E-state index contributed by atoms with van der Waals surface area (Å²) in [5.74, 6) is 0.687. The molecule has 1 aromatic carbocycles. The average Bonchev–Trinajstić information content (AvgIpc) is 3.44. The van der Waals surface area contributed by atoms with Gasteiger partial charge in [-0.15, -0.1) is 0 Å². The summed E-state index contributed by atoms with van der Waals surface area (Å²) in [5.41, 5.74) is 2.62. The molecule has 0 radical (unpaired) electrons. The summed E-state index contributed by atoms with van der Waals surface area (Å²) in [7, 11) is 0. The minimum absolute atomic E-state index is 0.292. The van der Waals surface area contributed by atoms with Crippen LogP contribution in [0.5, 0.6) is 0 Å². The Bertz CT molecular complexity index is 1200. The number of hydrogen-bond acceptors (Lipinski definition) is 7. The zero-order chi connectivity index (χ0) is 19.8. The number of nitrogens with one attached hydrogen (secondary N) is 3. The maximum atomic E-state index is 6.36. The van der Waals surface area contributed by atoms with Crippen LogP contribution in [0.4, 0.5) is 5.82 Å². The Kier molecular flexibility index (Phi) is 4.96. The van der Waals surface area contributed by atoms with Gasteiger partial charge in [0.15, 0.2) is 11.5 Å². The van der Waals surface area contributed by atoms with E-state index in [4.69, 9.17) is 16.6 Å². The molecule has 1 atom stereocenters. The first-order valence-corrected chi connectivity index (χ1v) is 10.9. The van der Waals surface area contributed by atoms with E-state index in [1.165, 1.54) is 11.8 Å². The van der Waals surface area contributed by atoms with Crippen molar-refractivity contribution in [2.24, 2.45) is 0 Å². The number of aromatic amines is 1. The molecule has 0 saturated carbocycles. The van der Waals surface area contributed by atoms with Crippen LogP contribution in [0.3, 0.4) is 0 Å². The predicted octanol–water partition coefficient (Wildman–Crippen LogP) is 4.82. The van der Waals surface area contributed by atoms with Gasteiger partial charge in [-0.1, -0.05) is 35.5 Å². The lowest BCUT2D eigenvalue weighted by Gasteiger charge is -2.11. The minimum atomic E-state index is 0.292. The third-order valence-corrected chi connectivity index (χ3v) is 6.68. The fraction of sp³-hybridized carbons (Fsp3) is 0.105. The molecule has 29 heavy (non-hydrogen) atoms. The van der Waals surface area contributed by atoms with E-state index in [0.29, 0.717) is 16.9 Å². The van der Waals surface area contributed by atoms with Crippen LogP contribution in [0, 0.1) is 0 Å². The number of benzene rings is 1. The Morgan fingerprint density at radius 3 is 2.93 bits per heavy atom. The molecule has 146 valence electrons. The summed E-state index contributed by atoms with van der Waals surface area (Å²) in [5, 5.41) is 12.8. The van der Waals surface area contributed by atoms with E-state index in [-0.39, 0.29) is 0 Å². The topological polar surface area (TPSA) is 82.9 Å². The molecule has 0 fully saturated rings. The van der Waals surface area contributed by atoms with Crippen molar-refractivity contribution in [2.75, 3.05) is 5.32 Å². The number of halogens is 1. The minimum Gasteiger partial charge on any atom is -0.331 e. The lowest BCUT2D eigenvalue weighted by Crippen LogP contribution is -2.09. The largest absolute Gasteiger partial charge is 0.331 e. The van der Waals surface area contributed by atoms with Gasteiger partial charge in [-0.2, -0.15) is 5.10 Å². The van der Waals surface area contributed by atoms with Crippen molar-refractivity contribution < 1.29 is 0 Å². The van der Waals surface area contributed by atoms with Crippen molar-refractivity contribution in [1.82, 2.24) is 29.3 Å². The Balaban J connectivity index is 1.61. The van der Waals surface area contributed by atoms with E-state index < -0.39 is 0 Å². The van der Waals surface area contributed by atoms with Crippen LogP contribution in [0.25, 0.3) is 16.9 Å². The van der Waals surface area contributed by atoms with E-state index in [9.17, 15) is 0 Å². The predicted molar refractivity (Wildman–Crippen MR) is 118 cm³/mol. The molecule has 5 rings (SSSR count). The highest BCUT2D eigenvalue weighted by Gasteiger charge is 2.18. The van der Waals surface area contributed by atoms with Crippen molar-refractivity contribution in [2.45, 2.75) is 22.9 Å². The van der Waals surface area contributed by atoms with Gasteiger partial charge in [0.05, 0.1) is 28.1 Å². The normalized spacial score (nSPS) is 16.3. The molecule has 0 spiro atoms. The second kappa shape index (κ2) is 7.75. The highest BCUT2D eigenvalue weighted by atomic mass is 35.5. The standard InChI is InChI=1S/C19H16ClN7S2/c1-11-6-16(29-26-11)24-18-19-21-9-14(12-7-22-23-8-12)27(19)10-17(25-18)28-15-5-3-2-4-13(15)20/h2-11,26H,1H3,(H,22,23)(H,24,25). The molecule has 1 aliphatic heterocycles. The molecule has 10 heteroatoms. The lowest BCUT2D eigenvalue weighted by atomic mass is 10.3. The van der Waals surface area contributed by atoms with Gasteiger partial charge in [0.2, 0.25) is 0 Å². The molecule has 0 saturated heterocycles. The Morgan fingerprint density at radius 2 is 2.17 bits per heavy atom. The van der Waals surface area contributed by atoms with Crippen LogP contribution in [0.1, 0.15) is 6.92 Å². The van der Waals surface area contributed by atoms with Gasteiger partial charge in [0.1, 0.15) is 5.03 Å². The molecule has 4 aromatic rings. The summed E-state index contributed by atoms with van der Waals surface area (Å²) in [6.45, 7) is 2.10. The van der Waals surface area contributed by atoms with Gasteiger partial charge in [-0.05, 0) is 37.1 Å². The van der Waals surface area contributed by atoms with E-state index in [2.05, 4.69) is 38.2 Å². The summed E-state index contributed by atoms with van der Waals surface area (Å²) < 4.78 is 5.32. The SMILES string of the molecule is CC1C=C(Nc2nc(Sc3ccccc3Cl)cn3c(-c4cn[nH]c4)cnc23)SN1. The van der Waals surface area contributed by atoms with Crippen molar-refractivity contribution in [1.29, 1.82) is 0 Å². The molecule has 4 heterocycles. The van der Waals surface area contributed by atoms with Crippen molar-refractivity contribution in [3.63, 3.8) is 0 Å². The smallest absolute Gasteiger partial charge is 0.181 e. The zero-order valence-corrected chi connectivity index (χ0v) is 17.6. The lowest BCUT2D eigenvalue weighted by molar-refractivity contribution is 0.868. The number of rotatable bonds is 5. The van der Waals surface area contributed by atoms with E-state index in [0.717, 1.165) is 31.9 Å². The Hall–Kier alpha value is -2.46.